The highest BCUT2D eigenvalue weighted by Gasteiger charge is 2.21. The van der Waals surface area contributed by atoms with Gasteiger partial charge < -0.3 is 10.1 Å². The number of anilines is 1. The second-order valence-electron chi connectivity index (χ2n) is 5.16. The van der Waals surface area contributed by atoms with Crippen molar-refractivity contribution in [2.75, 3.05) is 18.4 Å². The van der Waals surface area contributed by atoms with Crippen LogP contribution in [0.5, 0.6) is 5.75 Å². The Morgan fingerprint density at radius 1 is 1.35 bits per heavy atom. The van der Waals surface area contributed by atoms with Crippen molar-refractivity contribution in [1.82, 2.24) is 10.3 Å². The average Bonchev–Trinajstić information content (AvgIpc) is 2.54. The van der Waals surface area contributed by atoms with E-state index in [0.29, 0.717) is 12.2 Å². The van der Waals surface area contributed by atoms with Crippen LogP contribution in [0.25, 0.3) is 0 Å². The second-order valence-corrected chi connectivity index (χ2v) is 6.81. The molecule has 0 bridgehead atoms. The largest absolute Gasteiger partial charge is 0.495 e. The highest BCUT2D eigenvalue weighted by Crippen LogP contribution is 2.27. The number of pyridine rings is 1. The topological polar surface area (TPSA) is 80.3 Å². The molecule has 6 nitrogen and oxygen atoms in total. The summed E-state index contributed by atoms with van der Waals surface area (Å²) in [6, 6.07) is 5.08. The molecule has 1 aromatic carbocycles. The number of hydrogen-bond donors (Lipinski definition) is 2. The molecule has 0 amide bonds. The summed E-state index contributed by atoms with van der Waals surface area (Å²) in [6.07, 6.45) is 2.27. The van der Waals surface area contributed by atoms with Crippen LogP contribution >= 0.6 is 0 Å². The van der Waals surface area contributed by atoms with Gasteiger partial charge in [-0.15, -0.1) is 0 Å². The molecule has 2 heterocycles. The molecule has 1 aliphatic rings. The highest BCUT2D eigenvalue weighted by molar-refractivity contribution is 7.92. The van der Waals surface area contributed by atoms with Gasteiger partial charge in [0.15, 0.2) is 0 Å². The van der Waals surface area contributed by atoms with Crippen LogP contribution in [0.15, 0.2) is 35.4 Å². The highest BCUT2D eigenvalue weighted by atomic mass is 32.2. The van der Waals surface area contributed by atoms with Gasteiger partial charge in [0.1, 0.15) is 16.5 Å². The number of nitrogens with one attached hydrogen (secondary N) is 2. The molecule has 23 heavy (non-hydrogen) atoms. The first kappa shape index (κ1) is 15.7. The van der Waals surface area contributed by atoms with Gasteiger partial charge in [-0.05, 0) is 29.8 Å². The number of nitrogens with zero attached hydrogens (tertiary/aromatic N) is 1. The first-order valence-corrected chi connectivity index (χ1v) is 8.53. The molecule has 0 atom stereocenters. The van der Waals surface area contributed by atoms with Crippen molar-refractivity contribution in [3.05, 3.63) is 47.5 Å². The van der Waals surface area contributed by atoms with E-state index >= 15 is 0 Å². The van der Waals surface area contributed by atoms with Gasteiger partial charge in [0.2, 0.25) is 0 Å². The molecule has 8 heteroatoms. The Morgan fingerprint density at radius 2 is 2.17 bits per heavy atom. The Kier molecular flexibility index (Phi) is 4.18. The zero-order chi connectivity index (χ0) is 16.4. The molecule has 122 valence electrons. The van der Waals surface area contributed by atoms with E-state index in [9.17, 15) is 12.8 Å². The molecule has 0 unspecified atom stereocenters. The fourth-order valence-corrected chi connectivity index (χ4v) is 3.69. The number of sulfonamides is 1. The van der Waals surface area contributed by atoms with E-state index < -0.39 is 15.8 Å². The quantitative estimate of drug-likeness (QED) is 0.887. The number of hydrogen-bond acceptors (Lipinski definition) is 5. The SMILES string of the molecule is COc1ccc(F)cc1S(=O)(=O)Nc1cnc2c(c1)CNCC2. The summed E-state index contributed by atoms with van der Waals surface area (Å²) in [5.41, 5.74) is 2.23. The van der Waals surface area contributed by atoms with Gasteiger partial charge in [-0.2, -0.15) is 0 Å². The molecule has 0 spiro atoms. The van der Waals surface area contributed by atoms with E-state index in [1.807, 2.05) is 0 Å². The van der Waals surface area contributed by atoms with Crippen LogP contribution in [0.2, 0.25) is 0 Å². The van der Waals surface area contributed by atoms with Crippen LogP contribution in [0.4, 0.5) is 10.1 Å². The number of fused-ring (bicyclic) bond motifs is 1. The van der Waals surface area contributed by atoms with Crippen molar-refractivity contribution in [3.8, 4) is 5.75 Å². The summed E-state index contributed by atoms with van der Waals surface area (Å²) >= 11 is 0. The predicted octanol–water partition coefficient (Wildman–Crippen LogP) is 1.68. The van der Waals surface area contributed by atoms with Gasteiger partial charge in [0, 0.05) is 25.2 Å². The predicted molar refractivity (Wildman–Crippen MR) is 83.4 cm³/mol. The number of halogens is 1. The van der Waals surface area contributed by atoms with Crippen molar-refractivity contribution in [2.45, 2.75) is 17.9 Å². The Hall–Kier alpha value is -2.19. The van der Waals surface area contributed by atoms with Crippen molar-refractivity contribution < 1.29 is 17.5 Å². The molecular formula is C15H16FN3O3S. The summed E-state index contributed by atoms with van der Waals surface area (Å²) in [4.78, 5) is 4.03. The molecule has 2 aromatic rings. The summed E-state index contributed by atoms with van der Waals surface area (Å²) < 4.78 is 45.8. The van der Waals surface area contributed by atoms with E-state index in [-0.39, 0.29) is 10.6 Å². The third-order valence-corrected chi connectivity index (χ3v) is 4.98. The molecule has 2 N–H and O–H groups in total. The standard InChI is InChI=1S/C15H16FN3O3S/c1-22-14-3-2-11(16)7-15(14)23(20,21)19-12-6-10-8-17-5-4-13(10)18-9-12/h2-3,6-7,9,17,19H,4-5,8H2,1H3. The Balaban J connectivity index is 1.94. The molecule has 3 rings (SSSR count). The van der Waals surface area contributed by atoms with Crippen LogP contribution in [0.3, 0.4) is 0 Å². The molecule has 0 saturated carbocycles. The maximum Gasteiger partial charge on any atom is 0.265 e. The molecular weight excluding hydrogens is 321 g/mol. The van der Waals surface area contributed by atoms with Crippen LogP contribution in [-0.4, -0.2) is 27.1 Å². The fraction of sp³-hybridized carbons (Fsp3) is 0.267. The van der Waals surface area contributed by atoms with Gasteiger partial charge in [-0.25, -0.2) is 12.8 Å². The third-order valence-electron chi connectivity index (χ3n) is 3.58. The maximum atomic E-state index is 13.4. The third kappa shape index (κ3) is 3.27. The molecule has 0 radical (unpaired) electrons. The fourth-order valence-electron chi connectivity index (χ4n) is 2.47. The molecule has 0 saturated heterocycles. The Bertz CT molecular complexity index is 840. The van der Waals surface area contributed by atoms with Crippen molar-refractivity contribution in [2.24, 2.45) is 0 Å². The van der Waals surface area contributed by atoms with Crippen LogP contribution in [0.1, 0.15) is 11.3 Å². The lowest BCUT2D eigenvalue weighted by Crippen LogP contribution is -2.25. The summed E-state index contributed by atoms with van der Waals surface area (Å²) in [5, 5.41) is 3.20. The monoisotopic (exact) mass is 337 g/mol. The number of aromatic nitrogens is 1. The first-order chi connectivity index (χ1) is 11.0. The van der Waals surface area contributed by atoms with E-state index in [1.165, 1.54) is 19.4 Å². The van der Waals surface area contributed by atoms with E-state index in [0.717, 1.165) is 36.4 Å². The summed E-state index contributed by atoms with van der Waals surface area (Å²) in [7, 11) is -2.65. The summed E-state index contributed by atoms with van der Waals surface area (Å²) in [6.45, 7) is 1.49. The number of methoxy groups -OCH3 is 1. The van der Waals surface area contributed by atoms with Crippen LogP contribution in [-0.2, 0) is 23.0 Å². The van der Waals surface area contributed by atoms with Crippen molar-refractivity contribution in [1.29, 1.82) is 0 Å². The zero-order valence-electron chi connectivity index (χ0n) is 12.5. The van der Waals surface area contributed by atoms with Crippen molar-refractivity contribution in [3.63, 3.8) is 0 Å². The van der Waals surface area contributed by atoms with E-state index in [2.05, 4.69) is 15.0 Å². The smallest absolute Gasteiger partial charge is 0.265 e. The van der Waals surface area contributed by atoms with Crippen molar-refractivity contribution >= 4 is 15.7 Å². The number of ether oxygens (including phenoxy) is 1. The maximum absolute atomic E-state index is 13.4. The minimum atomic E-state index is -3.98. The minimum absolute atomic E-state index is 0.0754. The van der Waals surface area contributed by atoms with Crippen LogP contribution < -0.4 is 14.8 Å². The van der Waals surface area contributed by atoms with E-state index in [4.69, 9.17) is 4.74 Å². The molecule has 1 aromatic heterocycles. The van der Waals surface area contributed by atoms with Crippen LogP contribution in [0, 0.1) is 5.82 Å². The van der Waals surface area contributed by atoms with Gasteiger partial charge >= 0.3 is 0 Å². The van der Waals surface area contributed by atoms with Gasteiger partial charge in [0.25, 0.3) is 10.0 Å². The average molecular weight is 337 g/mol. The summed E-state index contributed by atoms with van der Waals surface area (Å²) in [5.74, 6) is -0.578. The normalized spacial score (nSPS) is 14.2. The lowest BCUT2D eigenvalue weighted by atomic mass is 10.1. The second kappa shape index (κ2) is 6.13. The van der Waals surface area contributed by atoms with Gasteiger partial charge in [0.05, 0.1) is 19.0 Å². The number of benzene rings is 1. The lowest BCUT2D eigenvalue weighted by molar-refractivity contribution is 0.401. The lowest BCUT2D eigenvalue weighted by Gasteiger charge is -2.17. The number of rotatable bonds is 4. The Labute approximate surface area is 133 Å². The van der Waals surface area contributed by atoms with Gasteiger partial charge in [-0.3, -0.25) is 9.71 Å². The first-order valence-electron chi connectivity index (χ1n) is 7.04. The molecule has 1 aliphatic heterocycles. The minimum Gasteiger partial charge on any atom is -0.495 e. The molecule has 0 aliphatic carbocycles. The van der Waals surface area contributed by atoms with Gasteiger partial charge in [-0.1, -0.05) is 0 Å². The molecule has 0 fully saturated rings. The van der Waals surface area contributed by atoms with E-state index in [1.54, 1.807) is 6.07 Å². The zero-order valence-corrected chi connectivity index (χ0v) is 13.3. The Morgan fingerprint density at radius 3 is 2.96 bits per heavy atom.